The van der Waals surface area contributed by atoms with Crippen LogP contribution >= 0.6 is 0 Å². The number of nitrogens with one attached hydrogen (secondary N) is 1. The second-order valence-electron chi connectivity index (χ2n) is 5.22. The lowest BCUT2D eigenvalue weighted by atomic mass is 10.1. The van der Waals surface area contributed by atoms with Crippen molar-refractivity contribution >= 4 is 5.91 Å². The fraction of sp³-hybridized carbons (Fsp3) is 0.562. The fourth-order valence-electron chi connectivity index (χ4n) is 2.40. The van der Waals surface area contributed by atoms with E-state index in [9.17, 15) is 4.79 Å². The van der Waals surface area contributed by atoms with Crippen molar-refractivity contribution in [1.29, 1.82) is 0 Å². The zero-order valence-electron chi connectivity index (χ0n) is 12.0. The lowest BCUT2D eigenvalue weighted by Gasteiger charge is -2.25. The van der Waals surface area contributed by atoms with Gasteiger partial charge in [-0.2, -0.15) is 0 Å². The summed E-state index contributed by atoms with van der Waals surface area (Å²) in [6, 6.07) is 10.1. The first-order valence-electron chi connectivity index (χ1n) is 7.28. The molecule has 4 heteroatoms. The van der Waals surface area contributed by atoms with Gasteiger partial charge in [-0.05, 0) is 31.2 Å². The molecule has 0 spiro atoms. The highest BCUT2D eigenvalue weighted by atomic mass is 16.7. The average Bonchev–Trinajstić information content (AvgIpc) is 2.46. The molecule has 1 aromatic rings. The Labute approximate surface area is 120 Å². The van der Waals surface area contributed by atoms with Gasteiger partial charge in [-0.1, -0.05) is 30.3 Å². The monoisotopic (exact) mass is 277 g/mol. The Bertz CT molecular complexity index is 401. The van der Waals surface area contributed by atoms with Crippen molar-refractivity contribution in [3.8, 4) is 0 Å². The van der Waals surface area contributed by atoms with Crippen molar-refractivity contribution in [3.05, 3.63) is 35.9 Å². The number of benzene rings is 1. The third kappa shape index (κ3) is 5.31. The molecule has 1 heterocycles. The van der Waals surface area contributed by atoms with Crippen molar-refractivity contribution in [2.24, 2.45) is 0 Å². The minimum Gasteiger partial charge on any atom is -0.353 e. The topological polar surface area (TPSA) is 47.6 Å². The Morgan fingerprint density at radius 1 is 1.40 bits per heavy atom. The molecule has 20 heavy (non-hydrogen) atoms. The zero-order valence-corrected chi connectivity index (χ0v) is 12.0. The van der Waals surface area contributed by atoms with Crippen LogP contribution in [0.5, 0.6) is 0 Å². The van der Waals surface area contributed by atoms with Gasteiger partial charge in [-0.25, -0.2) is 0 Å². The zero-order chi connectivity index (χ0) is 14.2. The number of amides is 1. The summed E-state index contributed by atoms with van der Waals surface area (Å²) in [4.78, 5) is 11.3. The van der Waals surface area contributed by atoms with Crippen LogP contribution < -0.4 is 5.32 Å². The number of carbonyl (C=O) groups is 1. The van der Waals surface area contributed by atoms with Crippen LogP contribution in [-0.4, -0.2) is 31.5 Å². The van der Waals surface area contributed by atoms with Gasteiger partial charge in [0, 0.05) is 13.5 Å². The summed E-state index contributed by atoms with van der Waals surface area (Å²) in [5.41, 5.74) is 1.19. The van der Waals surface area contributed by atoms with Crippen molar-refractivity contribution in [2.45, 2.75) is 44.9 Å². The standard InChI is InChI=1S/C16H23NO3/c1-13(18)17-15(11-14-7-3-2-4-8-14)12-20-16-9-5-6-10-19-16/h2-4,7-8,15-16H,5-6,9-12H2,1H3,(H,17,18)/t15-,16?/m0/s1. The molecule has 2 atom stereocenters. The van der Waals surface area contributed by atoms with Gasteiger partial charge >= 0.3 is 0 Å². The molecule has 0 saturated carbocycles. The molecule has 1 unspecified atom stereocenters. The van der Waals surface area contributed by atoms with Crippen molar-refractivity contribution < 1.29 is 14.3 Å². The third-order valence-corrected chi connectivity index (χ3v) is 3.35. The van der Waals surface area contributed by atoms with Gasteiger partial charge in [-0.15, -0.1) is 0 Å². The second kappa shape index (κ2) is 8.02. The number of rotatable bonds is 6. The highest BCUT2D eigenvalue weighted by molar-refractivity contribution is 5.73. The van der Waals surface area contributed by atoms with Crippen LogP contribution in [0.4, 0.5) is 0 Å². The SMILES string of the molecule is CC(=O)N[C@H](COC1CCCCO1)Cc1ccccc1. The second-order valence-corrected chi connectivity index (χ2v) is 5.22. The minimum atomic E-state index is -0.115. The van der Waals surface area contributed by atoms with Gasteiger partial charge in [0.2, 0.25) is 5.91 Å². The molecule has 110 valence electrons. The Morgan fingerprint density at radius 2 is 2.20 bits per heavy atom. The molecule has 4 nitrogen and oxygen atoms in total. The van der Waals surface area contributed by atoms with E-state index in [1.807, 2.05) is 18.2 Å². The van der Waals surface area contributed by atoms with E-state index >= 15 is 0 Å². The summed E-state index contributed by atoms with van der Waals surface area (Å²) in [6.45, 7) is 2.79. The maximum absolute atomic E-state index is 11.3. The molecule has 1 saturated heterocycles. The van der Waals surface area contributed by atoms with Crippen LogP contribution in [-0.2, 0) is 20.7 Å². The van der Waals surface area contributed by atoms with Crippen LogP contribution in [0.1, 0.15) is 31.7 Å². The molecule has 1 N–H and O–H groups in total. The molecule has 0 aromatic heterocycles. The van der Waals surface area contributed by atoms with Gasteiger partial charge in [0.05, 0.1) is 12.6 Å². The van der Waals surface area contributed by atoms with E-state index in [0.717, 1.165) is 32.3 Å². The molecule has 1 fully saturated rings. The average molecular weight is 277 g/mol. The van der Waals surface area contributed by atoms with Crippen molar-refractivity contribution in [2.75, 3.05) is 13.2 Å². The van der Waals surface area contributed by atoms with Gasteiger partial charge < -0.3 is 14.8 Å². The van der Waals surface area contributed by atoms with Gasteiger partial charge in [-0.3, -0.25) is 4.79 Å². The molecule has 0 aliphatic carbocycles. The van der Waals surface area contributed by atoms with Gasteiger partial charge in [0.15, 0.2) is 6.29 Å². The first-order valence-corrected chi connectivity index (χ1v) is 7.28. The molecule has 1 aromatic carbocycles. The Morgan fingerprint density at radius 3 is 2.85 bits per heavy atom. The summed E-state index contributed by atoms with van der Waals surface area (Å²) >= 11 is 0. The molecule has 1 aliphatic heterocycles. The number of hydrogen-bond acceptors (Lipinski definition) is 3. The summed E-state index contributed by atoms with van der Waals surface area (Å²) in [6.07, 6.45) is 3.86. The third-order valence-electron chi connectivity index (χ3n) is 3.35. The maximum atomic E-state index is 11.3. The first-order chi connectivity index (χ1) is 9.74. The fourth-order valence-corrected chi connectivity index (χ4v) is 2.40. The van der Waals surface area contributed by atoms with E-state index < -0.39 is 0 Å². The predicted octanol–water partition coefficient (Wildman–Crippen LogP) is 2.28. The van der Waals surface area contributed by atoms with E-state index in [2.05, 4.69) is 17.4 Å². The lowest BCUT2D eigenvalue weighted by Crippen LogP contribution is -2.40. The van der Waals surface area contributed by atoms with Gasteiger partial charge in [0.1, 0.15) is 0 Å². The van der Waals surface area contributed by atoms with Crippen LogP contribution in [0.2, 0.25) is 0 Å². The molecular weight excluding hydrogens is 254 g/mol. The minimum absolute atomic E-state index is 0.0135. The van der Waals surface area contributed by atoms with E-state index in [4.69, 9.17) is 9.47 Å². The molecule has 0 bridgehead atoms. The molecule has 2 rings (SSSR count). The largest absolute Gasteiger partial charge is 0.353 e. The number of carbonyl (C=O) groups excluding carboxylic acids is 1. The summed E-state index contributed by atoms with van der Waals surface area (Å²) < 4.78 is 11.3. The van der Waals surface area contributed by atoms with Crippen molar-refractivity contribution in [1.82, 2.24) is 5.32 Å². The summed E-state index contributed by atoms with van der Waals surface area (Å²) in [7, 11) is 0. The lowest BCUT2D eigenvalue weighted by molar-refractivity contribution is -0.166. The predicted molar refractivity (Wildman–Crippen MR) is 77.3 cm³/mol. The Kier molecular flexibility index (Phi) is 6.02. The van der Waals surface area contributed by atoms with E-state index in [1.165, 1.54) is 12.5 Å². The molecule has 1 aliphatic rings. The van der Waals surface area contributed by atoms with E-state index in [-0.39, 0.29) is 18.2 Å². The smallest absolute Gasteiger partial charge is 0.217 e. The Balaban J connectivity index is 1.84. The van der Waals surface area contributed by atoms with Crippen molar-refractivity contribution in [3.63, 3.8) is 0 Å². The van der Waals surface area contributed by atoms with Crippen LogP contribution in [0.3, 0.4) is 0 Å². The highest BCUT2D eigenvalue weighted by Gasteiger charge is 2.17. The Hall–Kier alpha value is -1.39. The molecule has 0 radical (unpaired) electrons. The van der Waals surface area contributed by atoms with E-state index in [0.29, 0.717) is 6.61 Å². The normalized spacial score (nSPS) is 20.4. The first kappa shape index (κ1) is 15.0. The summed E-state index contributed by atoms with van der Waals surface area (Å²) in [5, 5.41) is 2.95. The highest BCUT2D eigenvalue weighted by Crippen LogP contribution is 2.14. The van der Waals surface area contributed by atoms with Gasteiger partial charge in [0.25, 0.3) is 0 Å². The number of ether oxygens (including phenoxy) is 2. The quantitative estimate of drug-likeness (QED) is 0.867. The maximum Gasteiger partial charge on any atom is 0.217 e. The van der Waals surface area contributed by atoms with Crippen LogP contribution in [0, 0.1) is 0 Å². The molecular formula is C16H23NO3. The summed E-state index contributed by atoms with van der Waals surface area (Å²) in [5.74, 6) is -0.0286. The van der Waals surface area contributed by atoms with Crippen LogP contribution in [0.25, 0.3) is 0 Å². The molecule has 1 amide bonds. The van der Waals surface area contributed by atoms with E-state index in [1.54, 1.807) is 0 Å². The number of hydrogen-bond donors (Lipinski definition) is 1. The van der Waals surface area contributed by atoms with Crippen LogP contribution in [0.15, 0.2) is 30.3 Å².